The summed E-state index contributed by atoms with van der Waals surface area (Å²) in [7, 11) is 0. The van der Waals surface area contributed by atoms with E-state index in [9.17, 15) is 14.4 Å². The number of aliphatic hydroxyl groups is 1. The van der Waals surface area contributed by atoms with Crippen molar-refractivity contribution in [1.29, 1.82) is 0 Å². The number of ether oxygens (including phenoxy) is 2. The Morgan fingerprint density at radius 1 is 1.03 bits per heavy atom. The highest BCUT2D eigenvalue weighted by Gasteiger charge is 2.28. The molecule has 0 radical (unpaired) electrons. The van der Waals surface area contributed by atoms with Crippen LogP contribution in [0, 0.1) is 17.8 Å². The van der Waals surface area contributed by atoms with Crippen molar-refractivity contribution >= 4 is 17.8 Å². The molecule has 216 valence electrons. The number of hydrogen-bond donors (Lipinski definition) is 3. The molecule has 3 N–H and O–H groups in total. The van der Waals surface area contributed by atoms with E-state index in [-0.39, 0.29) is 56.0 Å². The fraction of sp³-hybridized carbons (Fsp3) is 0.645. The normalized spacial score (nSPS) is 23.6. The van der Waals surface area contributed by atoms with E-state index in [0.717, 1.165) is 24.8 Å². The van der Waals surface area contributed by atoms with Crippen molar-refractivity contribution in [3.8, 4) is 0 Å². The van der Waals surface area contributed by atoms with Gasteiger partial charge in [-0.05, 0) is 43.6 Å². The number of aliphatic hydroxyl groups excluding tert-OH is 1. The maximum absolute atomic E-state index is 13.4. The predicted octanol–water partition coefficient (Wildman–Crippen LogP) is 3.72. The Balaban J connectivity index is 1.67. The third-order valence-corrected chi connectivity index (χ3v) is 7.65. The van der Waals surface area contributed by atoms with Gasteiger partial charge in [-0.15, -0.1) is 0 Å². The molecule has 2 amide bonds. The maximum atomic E-state index is 13.4. The first kappa shape index (κ1) is 30.8. The van der Waals surface area contributed by atoms with Gasteiger partial charge in [-0.25, -0.2) is 0 Å². The minimum atomic E-state index is -0.509. The van der Waals surface area contributed by atoms with Crippen LogP contribution in [0.2, 0.25) is 0 Å². The van der Waals surface area contributed by atoms with Gasteiger partial charge in [0.25, 0.3) is 0 Å². The summed E-state index contributed by atoms with van der Waals surface area (Å²) >= 11 is 0. The van der Waals surface area contributed by atoms with E-state index in [0.29, 0.717) is 44.8 Å². The standard InChI is InChI=1S/C31H46N2O6/c34-17-19-38-18-16-32-29(35)22-26-14-8-3-9-15-27(20-24-10-4-1-5-11-24)31(37)39-23-28(33-30(26)36)21-25-12-6-2-7-13-25/h1,3-5,8,10-11,25-28,34H,2,6-7,9,12-23H2,(H,32,35)(H,33,36). The number of amides is 2. The van der Waals surface area contributed by atoms with Crippen LogP contribution in [-0.2, 0) is 30.3 Å². The molecule has 0 saturated heterocycles. The van der Waals surface area contributed by atoms with E-state index >= 15 is 0 Å². The van der Waals surface area contributed by atoms with Gasteiger partial charge in [-0.2, -0.15) is 0 Å². The van der Waals surface area contributed by atoms with Crippen molar-refractivity contribution in [2.75, 3.05) is 33.0 Å². The summed E-state index contributed by atoms with van der Waals surface area (Å²) in [5.41, 5.74) is 1.10. The first-order valence-corrected chi connectivity index (χ1v) is 14.7. The van der Waals surface area contributed by atoms with E-state index in [1.807, 2.05) is 42.5 Å². The molecule has 8 nitrogen and oxygen atoms in total. The van der Waals surface area contributed by atoms with Gasteiger partial charge >= 0.3 is 5.97 Å². The van der Waals surface area contributed by atoms with Crippen LogP contribution in [-0.4, -0.2) is 61.9 Å². The van der Waals surface area contributed by atoms with Gasteiger partial charge in [0, 0.05) is 13.0 Å². The molecule has 1 fully saturated rings. The van der Waals surface area contributed by atoms with Gasteiger partial charge in [0.2, 0.25) is 11.8 Å². The Morgan fingerprint density at radius 3 is 2.59 bits per heavy atom. The van der Waals surface area contributed by atoms with Crippen molar-refractivity contribution in [2.24, 2.45) is 17.8 Å². The second kappa shape index (κ2) is 17.8. The Bertz CT molecular complexity index is 900. The monoisotopic (exact) mass is 542 g/mol. The highest BCUT2D eigenvalue weighted by atomic mass is 16.5. The Kier molecular flexibility index (Phi) is 14.1. The van der Waals surface area contributed by atoms with E-state index in [2.05, 4.69) is 10.6 Å². The smallest absolute Gasteiger partial charge is 0.309 e. The lowest BCUT2D eigenvalue weighted by Crippen LogP contribution is -2.44. The minimum absolute atomic E-state index is 0.0626. The molecule has 1 aromatic rings. The maximum Gasteiger partial charge on any atom is 0.309 e. The molecular weight excluding hydrogens is 496 g/mol. The molecule has 1 aliphatic carbocycles. The van der Waals surface area contributed by atoms with E-state index < -0.39 is 5.92 Å². The summed E-state index contributed by atoms with van der Waals surface area (Å²) in [6, 6.07) is 9.72. The zero-order valence-electron chi connectivity index (χ0n) is 23.2. The molecular formula is C31H46N2O6. The molecule has 3 unspecified atom stereocenters. The molecule has 39 heavy (non-hydrogen) atoms. The van der Waals surface area contributed by atoms with Gasteiger partial charge in [-0.1, -0.05) is 74.6 Å². The summed E-state index contributed by atoms with van der Waals surface area (Å²) in [5.74, 6) is -0.863. The van der Waals surface area contributed by atoms with Crippen LogP contribution >= 0.6 is 0 Å². The average molecular weight is 543 g/mol. The van der Waals surface area contributed by atoms with E-state index in [4.69, 9.17) is 14.6 Å². The summed E-state index contributed by atoms with van der Waals surface area (Å²) in [6.07, 6.45) is 13.1. The highest BCUT2D eigenvalue weighted by Crippen LogP contribution is 2.28. The Labute approximate surface area is 232 Å². The molecule has 0 spiro atoms. The van der Waals surface area contributed by atoms with Crippen LogP contribution in [0.3, 0.4) is 0 Å². The largest absolute Gasteiger partial charge is 0.463 e. The van der Waals surface area contributed by atoms with Crippen molar-refractivity contribution in [3.63, 3.8) is 0 Å². The van der Waals surface area contributed by atoms with Crippen LogP contribution in [0.1, 0.15) is 69.8 Å². The Hall–Kier alpha value is -2.71. The second-order valence-corrected chi connectivity index (χ2v) is 10.8. The van der Waals surface area contributed by atoms with Crippen molar-refractivity contribution < 1.29 is 29.0 Å². The fourth-order valence-electron chi connectivity index (χ4n) is 5.50. The van der Waals surface area contributed by atoms with Crippen LogP contribution in [0.5, 0.6) is 0 Å². The molecule has 1 saturated carbocycles. The number of carbonyl (C=O) groups is 3. The molecule has 8 heteroatoms. The van der Waals surface area contributed by atoms with E-state index in [1.165, 1.54) is 19.3 Å². The third kappa shape index (κ3) is 11.9. The van der Waals surface area contributed by atoms with Gasteiger partial charge in [0.15, 0.2) is 0 Å². The average Bonchev–Trinajstić information content (AvgIpc) is 2.95. The van der Waals surface area contributed by atoms with E-state index in [1.54, 1.807) is 0 Å². The SMILES string of the molecule is O=C(CC1CC=CCCC(Cc2ccccc2)C(=O)OCC(CC2CCCCC2)NC1=O)NCCOCCO. The fourth-order valence-corrected chi connectivity index (χ4v) is 5.50. The quantitative estimate of drug-likeness (QED) is 0.223. The molecule has 0 aromatic heterocycles. The minimum Gasteiger partial charge on any atom is -0.463 e. The number of esters is 1. The third-order valence-electron chi connectivity index (χ3n) is 7.65. The lowest BCUT2D eigenvalue weighted by molar-refractivity contribution is -0.150. The molecule has 2 aliphatic rings. The van der Waals surface area contributed by atoms with Crippen molar-refractivity contribution in [2.45, 2.75) is 76.7 Å². The summed E-state index contributed by atoms with van der Waals surface area (Å²) in [5, 5.41) is 14.7. The summed E-state index contributed by atoms with van der Waals surface area (Å²) in [6.45, 7) is 0.951. The van der Waals surface area contributed by atoms with Crippen LogP contribution in [0.15, 0.2) is 42.5 Å². The molecule has 3 rings (SSSR count). The number of carbonyl (C=O) groups excluding carboxylic acids is 3. The topological polar surface area (TPSA) is 114 Å². The molecule has 1 heterocycles. The zero-order chi connectivity index (χ0) is 27.7. The first-order chi connectivity index (χ1) is 19.0. The predicted molar refractivity (Wildman–Crippen MR) is 150 cm³/mol. The van der Waals surface area contributed by atoms with Gasteiger partial charge in [0.1, 0.15) is 6.61 Å². The number of rotatable bonds is 11. The lowest BCUT2D eigenvalue weighted by atomic mass is 9.84. The first-order valence-electron chi connectivity index (χ1n) is 14.7. The van der Waals surface area contributed by atoms with Crippen molar-refractivity contribution in [1.82, 2.24) is 10.6 Å². The molecule has 1 aliphatic heterocycles. The van der Waals surface area contributed by atoms with Gasteiger partial charge < -0.3 is 25.2 Å². The second-order valence-electron chi connectivity index (χ2n) is 10.8. The number of nitrogens with one attached hydrogen (secondary N) is 2. The number of cyclic esters (lactones) is 1. The highest BCUT2D eigenvalue weighted by molar-refractivity contribution is 5.86. The number of allylic oxidation sites excluding steroid dienone is 2. The van der Waals surface area contributed by atoms with Gasteiger partial charge in [0.05, 0.1) is 37.7 Å². The van der Waals surface area contributed by atoms with Gasteiger partial charge in [-0.3, -0.25) is 14.4 Å². The summed E-state index contributed by atoms with van der Waals surface area (Å²) in [4.78, 5) is 39.2. The molecule has 1 aromatic carbocycles. The van der Waals surface area contributed by atoms with Crippen molar-refractivity contribution in [3.05, 3.63) is 48.0 Å². The Morgan fingerprint density at radius 2 is 1.82 bits per heavy atom. The number of benzene rings is 1. The summed E-state index contributed by atoms with van der Waals surface area (Å²) < 4.78 is 11.0. The lowest BCUT2D eigenvalue weighted by Gasteiger charge is -2.28. The molecule has 0 bridgehead atoms. The number of hydrogen-bond acceptors (Lipinski definition) is 6. The zero-order valence-corrected chi connectivity index (χ0v) is 23.2. The van der Waals surface area contributed by atoms with Crippen LogP contribution < -0.4 is 10.6 Å². The molecule has 3 atom stereocenters. The van der Waals surface area contributed by atoms with Crippen LogP contribution in [0.4, 0.5) is 0 Å². The van der Waals surface area contributed by atoms with Crippen LogP contribution in [0.25, 0.3) is 0 Å².